The molecule has 2 fully saturated rings. The third-order valence-corrected chi connectivity index (χ3v) is 13.5. The van der Waals surface area contributed by atoms with Crippen LogP contribution in [0.15, 0.2) is 18.2 Å². The van der Waals surface area contributed by atoms with Gasteiger partial charge in [0, 0.05) is 18.5 Å². The number of aliphatic hydroxyl groups excluding tert-OH is 1. The summed E-state index contributed by atoms with van der Waals surface area (Å²) in [5.74, 6) is -3.61. The van der Waals surface area contributed by atoms with Gasteiger partial charge in [0.1, 0.15) is 23.4 Å². The quantitative estimate of drug-likeness (QED) is 0.0922. The summed E-state index contributed by atoms with van der Waals surface area (Å²) < 4.78 is 30.0. The number of aryl methyl sites for hydroxylation is 2. The molecule has 3 N–H and O–H groups in total. The van der Waals surface area contributed by atoms with Gasteiger partial charge in [-0.2, -0.15) is 0 Å². The minimum Gasteiger partial charge on any atom is -0.493 e. The molecule has 3 rings (SSSR count). The number of carbonyl (C=O) groups is 3. The van der Waals surface area contributed by atoms with Gasteiger partial charge in [-0.25, -0.2) is 0 Å². The molecule has 0 amide bonds. The zero-order valence-electron chi connectivity index (χ0n) is 36.7. The Labute approximate surface area is 354 Å². The Morgan fingerprint density at radius 3 is 2.33 bits per heavy atom. The van der Waals surface area contributed by atoms with Crippen LogP contribution in [0, 0.1) is 37.0 Å². The second-order valence-electron chi connectivity index (χ2n) is 18.3. The number of rotatable bonds is 10. The molecule has 1 aromatic rings. The Morgan fingerprint density at radius 2 is 1.72 bits per heavy atom. The summed E-state index contributed by atoms with van der Waals surface area (Å²) in [4.78, 5) is 45.5. The molecule has 2 aliphatic rings. The van der Waals surface area contributed by atoms with Crippen LogP contribution >= 0.6 is 22.6 Å². The largest absolute Gasteiger partial charge is 0.493 e. The number of halogens is 1. The number of nitrogens with zero attached hydrogens (tertiary/aromatic N) is 2. The number of Topliss-reactive ketones (excluding diaryl/α,β-unsaturated/α-hetero) is 1. The number of esters is 2. The summed E-state index contributed by atoms with van der Waals surface area (Å²) in [6, 6.07) is 5.17. The molecule has 0 spiro atoms. The van der Waals surface area contributed by atoms with Crippen molar-refractivity contribution in [3.05, 3.63) is 29.3 Å². The van der Waals surface area contributed by atoms with E-state index in [1.165, 1.54) is 13.8 Å². The fraction of sp³-hybridized carbons (Fsp3) is 0.791. The van der Waals surface area contributed by atoms with Crippen molar-refractivity contribution in [2.75, 3.05) is 34.3 Å². The second-order valence-corrected chi connectivity index (χ2v) is 19.4. The smallest absolute Gasteiger partial charge is 0.317 e. The SMILES string of the molecule is Cc1ccc(C)c(OCCCC(C)(C)C(=O)O[C@@H]2C(N(C)C)C[C@@H](C)O[C@H]2O[C@@H]2[C@@H](C)C(=O)[C@@H](C)C(=O)O[C@H](I)[C@@](C)(O)[C@H](O)[C@@H](C)N(C)C[C@H](C)C[C@@]2(C)O)c1. The lowest BCUT2D eigenvalue weighted by atomic mass is 9.78. The molecule has 326 valence electrons. The summed E-state index contributed by atoms with van der Waals surface area (Å²) in [5.41, 5.74) is -2.24. The first-order chi connectivity index (χ1) is 26.2. The van der Waals surface area contributed by atoms with Crippen molar-refractivity contribution in [1.82, 2.24) is 9.80 Å². The minimum atomic E-state index is -1.84. The van der Waals surface area contributed by atoms with Gasteiger partial charge in [0.15, 0.2) is 22.3 Å². The highest BCUT2D eigenvalue weighted by Crippen LogP contribution is 2.37. The highest BCUT2D eigenvalue weighted by Gasteiger charge is 2.51. The predicted molar refractivity (Wildman–Crippen MR) is 226 cm³/mol. The molecule has 0 radical (unpaired) electrons. The third-order valence-electron chi connectivity index (χ3n) is 12.0. The van der Waals surface area contributed by atoms with E-state index in [4.69, 9.17) is 23.7 Å². The fourth-order valence-electron chi connectivity index (χ4n) is 8.05. The van der Waals surface area contributed by atoms with Crippen LogP contribution in [0.1, 0.15) is 99.1 Å². The molecule has 2 saturated heterocycles. The van der Waals surface area contributed by atoms with Gasteiger partial charge >= 0.3 is 11.9 Å². The molecule has 0 aromatic heterocycles. The summed E-state index contributed by atoms with van der Waals surface area (Å²) >= 11 is 1.76. The van der Waals surface area contributed by atoms with E-state index in [1.54, 1.807) is 50.4 Å². The fourth-order valence-corrected chi connectivity index (χ4v) is 8.67. The first-order valence-electron chi connectivity index (χ1n) is 20.3. The van der Waals surface area contributed by atoms with Crippen LogP contribution in [0.3, 0.4) is 0 Å². The summed E-state index contributed by atoms with van der Waals surface area (Å²) in [7, 11) is 5.59. The lowest BCUT2D eigenvalue weighted by Gasteiger charge is -2.47. The molecular formula is C43H71IN2O11. The molecule has 2 heterocycles. The van der Waals surface area contributed by atoms with E-state index in [2.05, 4.69) is 0 Å². The van der Waals surface area contributed by atoms with Crippen molar-refractivity contribution in [2.45, 2.75) is 160 Å². The van der Waals surface area contributed by atoms with Gasteiger partial charge in [-0.05, 0) is 155 Å². The van der Waals surface area contributed by atoms with Crippen molar-refractivity contribution in [2.24, 2.45) is 23.2 Å². The maximum atomic E-state index is 14.2. The normalized spacial score (nSPS) is 36.9. The van der Waals surface area contributed by atoms with Crippen LogP contribution in [-0.4, -0.2) is 135 Å². The van der Waals surface area contributed by atoms with E-state index in [9.17, 15) is 29.7 Å². The number of ketones is 1. The van der Waals surface area contributed by atoms with Crippen molar-refractivity contribution >= 4 is 40.3 Å². The molecule has 0 aliphatic carbocycles. The number of aliphatic hydroxyl groups is 3. The number of hydrogen-bond acceptors (Lipinski definition) is 13. The van der Waals surface area contributed by atoms with Gasteiger partial charge in [-0.15, -0.1) is 0 Å². The molecule has 0 saturated carbocycles. The van der Waals surface area contributed by atoms with Crippen molar-refractivity contribution in [1.29, 1.82) is 0 Å². The van der Waals surface area contributed by atoms with Crippen molar-refractivity contribution in [3.63, 3.8) is 0 Å². The van der Waals surface area contributed by atoms with Gasteiger partial charge in [0.2, 0.25) is 0 Å². The maximum Gasteiger partial charge on any atom is 0.317 e. The van der Waals surface area contributed by atoms with E-state index in [-0.39, 0.29) is 24.5 Å². The Bertz CT molecular complexity index is 1520. The van der Waals surface area contributed by atoms with E-state index < -0.39 is 80.9 Å². The second kappa shape index (κ2) is 20.1. The van der Waals surface area contributed by atoms with Gasteiger partial charge in [-0.1, -0.05) is 26.0 Å². The zero-order valence-corrected chi connectivity index (χ0v) is 38.9. The highest BCUT2D eigenvalue weighted by atomic mass is 127. The Kier molecular flexibility index (Phi) is 17.4. The molecule has 14 heteroatoms. The first-order valence-corrected chi connectivity index (χ1v) is 21.6. The number of benzene rings is 1. The van der Waals surface area contributed by atoms with E-state index in [1.807, 2.05) is 83.6 Å². The molecule has 13 atom stereocenters. The number of hydrogen-bond donors (Lipinski definition) is 3. The van der Waals surface area contributed by atoms with Gasteiger partial charge in [-0.3, -0.25) is 14.4 Å². The topological polar surface area (TPSA) is 165 Å². The van der Waals surface area contributed by atoms with E-state index >= 15 is 0 Å². The monoisotopic (exact) mass is 918 g/mol. The van der Waals surface area contributed by atoms with Crippen LogP contribution in [0.5, 0.6) is 5.75 Å². The number of cyclic esters (lactones) is 1. The molecule has 13 nitrogen and oxygen atoms in total. The van der Waals surface area contributed by atoms with Gasteiger partial charge < -0.3 is 48.8 Å². The third kappa shape index (κ3) is 12.6. The zero-order chi connectivity index (χ0) is 43.4. The summed E-state index contributed by atoms with van der Waals surface area (Å²) in [6.07, 6.45) is -3.17. The Balaban J connectivity index is 1.94. The van der Waals surface area contributed by atoms with Gasteiger partial charge in [0.25, 0.3) is 0 Å². The lowest BCUT2D eigenvalue weighted by molar-refractivity contribution is -0.297. The number of carbonyl (C=O) groups excluding carboxylic acids is 3. The van der Waals surface area contributed by atoms with Crippen molar-refractivity contribution in [3.8, 4) is 5.75 Å². The van der Waals surface area contributed by atoms with Crippen LogP contribution in [-0.2, 0) is 33.3 Å². The standard InChI is InChI=1S/C43H71IN2O11/c1-24-16-17-26(3)32(20-24)53-19-15-18-41(8,9)40(50)55-34-31(45(12)13)21-27(4)54-38(34)56-36-28(5)33(47)29(6)37(49)57-39(44)43(11,52)35(48)30(7)46(14)23-25(2)22-42(36,10)51/h16-17,20,25,27-31,34-36,38-39,48,51-52H,15,18-19,21-23H2,1-14H3/t25-,27-,28+,29-,30-,31?,34-,35-,36-,38+,39+,42-,43+/m1/s1. The molecule has 0 bridgehead atoms. The van der Waals surface area contributed by atoms with Crippen LogP contribution in [0.25, 0.3) is 0 Å². The average molecular weight is 919 g/mol. The van der Waals surface area contributed by atoms with Gasteiger partial charge in [0.05, 0.1) is 35.9 Å². The minimum absolute atomic E-state index is 0.160. The average Bonchev–Trinajstić information content (AvgIpc) is 3.11. The van der Waals surface area contributed by atoms with Crippen LogP contribution in [0.4, 0.5) is 0 Å². The van der Waals surface area contributed by atoms with E-state index in [0.717, 1.165) is 16.9 Å². The molecule has 1 aromatic carbocycles. The van der Waals surface area contributed by atoms with Crippen LogP contribution in [0.2, 0.25) is 0 Å². The number of alkyl halides is 1. The number of likely N-dealkylation sites (N-methyl/N-ethyl adjacent to an activating group) is 2. The highest BCUT2D eigenvalue weighted by molar-refractivity contribution is 14.1. The van der Waals surface area contributed by atoms with Crippen LogP contribution < -0.4 is 4.74 Å². The predicted octanol–water partition coefficient (Wildman–Crippen LogP) is 5.22. The van der Waals surface area contributed by atoms with Crippen molar-refractivity contribution < 1.29 is 53.4 Å². The molecular weight excluding hydrogens is 847 g/mol. The Hall–Kier alpha value is -1.92. The Morgan fingerprint density at radius 1 is 1.09 bits per heavy atom. The maximum absolute atomic E-state index is 14.2. The molecule has 57 heavy (non-hydrogen) atoms. The molecule has 1 unspecified atom stereocenters. The first kappa shape index (κ1) is 49.4. The summed E-state index contributed by atoms with van der Waals surface area (Å²) in [6.45, 7) is 20.1. The molecule has 2 aliphatic heterocycles. The lowest BCUT2D eigenvalue weighted by Crippen LogP contribution is -2.60. The summed E-state index contributed by atoms with van der Waals surface area (Å²) in [5, 5.41) is 34.9. The number of ether oxygens (including phenoxy) is 5. The van der Waals surface area contributed by atoms with E-state index in [0.29, 0.717) is 32.4 Å².